The van der Waals surface area contributed by atoms with Gasteiger partial charge in [0.05, 0.1) is 27.4 Å². The van der Waals surface area contributed by atoms with Crippen LogP contribution in [0.3, 0.4) is 0 Å². The monoisotopic (exact) mass is 621 g/mol. The number of carboxylic acid groups (broad SMARTS) is 1. The van der Waals surface area contributed by atoms with Crippen molar-refractivity contribution in [3.63, 3.8) is 0 Å². The molecule has 0 saturated carbocycles. The predicted octanol–water partition coefficient (Wildman–Crippen LogP) is 6.66. The zero-order valence-electron chi connectivity index (χ0n) is 23.0. The molecule has 0 aromatic heterocycles. The van der Waals surface area contributed by atoms with Crippen LogP contribution in [0.1, 0.15) is 47.9 Å². The summed E-state index contributed by atoms with van der Waals surface area (Å²) in [6.07, 6.45) is -4.22. The van der Waals surface area contributed by atoms with Crippen molar-refractivity contribution >= 4 is 29.4 Å². The van der Waals surface area contributed by atoms with Gasteiger partial charge in [-0.05, 0) is 36.1 Å². The van der Waals surface area contributed by atoms with Gasteiger partial charge in [-0.2, -0.15) is 13.2 Å². The molecular weight excluding hydrogens is 589 g/mol. The average Bonchev–Trinajstić information content (AvgIpc) is 3.40. The van der Waals surface area contributed by atoms with Crippen molar-refractivity contribution < 1.29 is 32.0 Å². The Bertz CT molecular complexity index is 1290. The molecule has 0 spiro atoms. The van der Waals surface area contributed by atoms with Crippen LogP contribution in [-0.4, -0.2) is 58.2 Å². The van der Waals surface area contributed by atoms with Crippen molar-refractivity contribution in [3.8, 4) is 0 Å². The Hall–Kier alpha value is -2.89. The molecule has 1 heterocycles. The molecule has 3 aromatic carbocycles. The van der Waals surface area contributed by atoms with Crippen molar-refractivity contribution in [2.24, 2.45) is 0 Å². The second kappa shape index (κ2) is 14.5. The molecule has 0 unspecified atom stereocenters. The zero-order chi connectivity index (χ0) is 30.3. The first-order valence-electron chi connectivity index (χ1n) is 13.7. The number of hydrogen-bond acceptors (Lipinski definition) is 4. The van der Waals surface area contributed by atoms with Gasteiger partial charge >= 0.3 is 24.0 Å². The van der Waals surface area contributed by atoms with Crippen molar-refractivity contribution in [3.05, 3.63) is 106 Å². The molecule has 3 aromatic rings. The minimum absolute atomic E-state index is 0.0610. The van der Waals surface area contributed by atoms with Gasteiger partial charge in [-0.3, -0.25) is 9.69 Å². The fraction of sp³-hybridized carbons (Fsp3) is 0.387. The maximum absolute atomic E-state index is 13.6. The molecule has 0 aliphatic carbocycles. The van der Waals surface area contributed by atoms with Crippen LogP contribution in [0.2, 0.25) is 5.02 Å². The number of carbonyl (C=O) groups is 1. The number of nitrogens with zero attached hydrogens (tertiary/aromatic N) is 2. The zero-order valence-corrected chi connectivity index (χ0v) is 24.6. The van der Waals surface area contributed by atoms with Gasteiger partial charge in [0.25, 0.3) is 0 Å². The van der Waals surface area contributed by atoms with E-state index in [2.05, 4.69) is 4.90 Å². The SMILES string of the molecule is C[C@H](CCO[C@H]1C[C@@H](C(=O)O)N([S+]=O)C1)N(Cc1cccc(C(F)(F)F)c1Cl)CC(c1ccccc1)c1ccccc1. The lowest BCUT2D eigenvalue weighted by atomic mass is 9.90. The van der Waals surface area contributed by atoms with Crippen LogP contribution in [0, 0.1) is 0 Å². The number of ether oxygens (including phenoxy) is 1. The minimum atomic E-state index is -4.57. The molecule has 0 bridgehead atoms. The molecule has 1 aliphatic rings. The number of carboxylic acids is 1. The lowest BCUT2D eigenvalue weighted by molar-refractivity contribution is -0.140. The van der Waals surface area contributed by atoms with Crippen LogP contribution < -0.4 is 0 Å². The molecule has 0 amide bonds. The molecule has 1 aliphatic heterocycles. The number of hydrogen-bond donors (Lipinski definition) is 1. The van der Waals surface area contributed by atoms with Gasteiger partial charge < -0.3 is 9.84 Å². The minimum Gasteiger partial charge on any atom is -0.480 e. The Balaban J connectivity index is 1.56. The maximum Gasteiger partial charge on any atom is 0.591 e. The number of halogens is 4. The highest BCUT2D eigenvalue weighted by Crippen LogP contribution is 2.37. The van der Waals surface area contributed by atoms with E-state index in [0.29, 0.717) is 25.1 Å². The highest BCUT2D eigenvalue weighted by Gasteiger charge is 2.45. The lowest BCUT2D eigenvalue weighted by Crippen LogP contribution is -2.37. The third-order valence-electron chi connectivity index (χ3n) is 7.69. The van der Waals surface area contributed by atoms with E-state index < -0.39 is 29.9 Å². The molecule has 42 heavy (non-hydrogen) atoms. The van der Waals surface area contributed by atoms with Crippen molar-refractivity contribution in [2.75, 3.05) is 19.7 Å². The summed E-state index contributed by atoms with van der Waals surface area (Å²) >= 11 is 6.47. The van der Waals surface area contributed by atoms with E-state index in [1.165, 1.54) is 10.4 Å². The quantitative estimate of drug-likeness (QED) is 0.171. The van der Waals surface area contributed by atoms with Crippen LogP contribution in [0.5, 0.6) is 0 Å². The first-order chi connectivity index (χ1) is 20.1. The lowest BCUT2D eigenvalue weighted by Gasteiger charge is -2.34. The summed E-state index contributed by atoms with van der Waals surface area (Å²) in [5.74, 6) is -1.12. The number of aliphatic carboxylic acids is 1. The molecular formula is C31H33ClF3N2O4S+. The topological polar surface area (TPSA) is 70.1 Å². The summed E-state index contributed by atoms with van der Waals surface area (Å²) in [5.41, 5.74) is 1.67. The predicted molar refractivity (Wildman–Crippen MR) is 156 cm³/mol. The van der Waals surface area contributed by atoms with Gasteiger partial charge in [-0.15, -0.1) is 0 Å². The standard InChI is InChI=1S/C31H32ClF3N2O4S/c1-21(15-16-41-25-17-28(30(38)39)37(19-25)42-40)36(18-24-13-8-14-27(29(24)32)31(33,34)35)20-26(22-9-4-2-5-10-22)23-11-6-3-7-12-23/h2-14,21,25-26,28H,15-20H2,1H3/p+1/t21-,25+,28+/m1/s1. The molecule has 6 nitrogen and oxygen atoms in total. The van der Waals surface area contributed by atoms with Crippen LogP contribution in [0.15, 0.2) is 78.9 Å². The highest BCUT2D eigenvalue weighted by molar-refractivity contribution is 7.62. The van der Waals surface area contributed by atoms with Gasteiger partial charge in [0.1, 0.15) is 0 Å². The Labute approximate surface area is 252 Å². The molecule has 1 N–H and O–H groups in total. The molecule has 11 heteroatoms. The molecule has 224 valence electrons. The Morgan fingerprint density at radius 2 is 1.69 bits per heavy atom. The Kier molecular flexibility index (Phi) is 11.1. The summed E-state index contributed by atoms with van der Waals surface area (Å²) in [5, 5.41) is 9.08. The van der Waals surface area contributed by atoms with Gasteiger partial charge in [-0.1, -0.05) is 84.4 Å². The van der Waals surface area contributed by atoms with E-state index in [4.69, 9.17) is 16.3 Å². The van der Waals surface area contributed by atoms with E-state index in [-0.39, 0.29) is 48.3 Å². The highest BCUT2D eigenvalue weighted by atomic mass is 35.5. The molecule has 1 saturated heterocycles. The Morgan fingerprint density at radius 1 is 1.07 bits per heavy atom. The second-order valence-corrected chi connectivity index (χ2v) is 11.5. The van der Waals surface area contributed by atoms with E-state index in [1.54, 1.807) is 6.07 Å². The number of alkyl halides is 3. The maximum atomic E-state index is 13.6. The molecule has 0 radical (unpaired) electrons. The van der Waals surface area contributed by atoms with Crippen LogP contribution >= 0.6 is 11.6 Å². The van der Waals surface area contributed by atoms with Crippen molar-refractivity contribution in [1.82, 2.24) is 9.21 Å². The summed E-state index contributed by atoms with van der Waals surface area (Å²) in [4.78, 5) is 13.6. The largest absolute Gasteiger partial charge is 0.591 e. The van der Waals surface area contributed by atoms with E-state index >= 15 is 0 Å². The fourth-order valence-electron chi connectivity index (χ4n) is 5.33. The summed E-state index contributed by atoms with van der Waals surface area (Å²) in [6, 6.07) is 22.9. The van der Waals surface area contributed by atoms with Gasteiger partial charge in [-0.25, -0.2) is 0 Å². The average molecular weight is 622 g/mol. The van der Waals surface area contributed by atoms with Crippen LogP contribution in [-0.2, 0) is 38.3 Å². The third-order valence-corrected chi connectivity index (χ3v) is 8.73. The smallest absolute Gasteiger partial charge is 0.480 e. The van der Waals surface area contributed by atoms with E-state index in [9.17, 15) is 27.3 Å². The van der Waals surface area contributed by atoms with E-state index in [1.807, 2.05) is 67.6 Å². The Morgan fingerprint density at radius 3 is 2.21 bits per heavy atom. The summed E-state index contributed by atoms with van der Waals surface area (Å²) < 4.78 is 59.5. The number of rotatable bonds is 13. The summed E-state index contributed by atoms with van der Waals surface area (Å²) in [7, 11) is 0. The fourth-order valence-corrected chi connectivity index (χ4v) is 6.13. The van der Waals surface area contributed by atoms with Gasteiger partial charge in [0, 0.05) is 42.4 Å². The summed E-state index contributed by atoms with van der Waals surface area (Å²) in [6.45, 7) is 3.20. The van der Waals surface area contributed by atoms with Crippen LogP contribution in [0.4, 0.5) is 13.2 Å². The normalized spacial score (nSPS) is 18.5. The first kappa shape index (κ1) is 32.0. The van der Waals surface area contributed by atoms with E-state index in [0.717, 1.165) is 17.2 Å². The first-order valence-corrected chi connectivity index (χ1v) is 14.8. The van der Waals surface area contributed by atoms with Crippen LogP contribution in [0.25, 0.3) is 0 Å². The second-order valence-electron chi connectivity index (χ2n) is 10.5. The molecule has 1 fully saturated rings. The third kappa shape index (κ3) is 8.14. The van der Waals surface area contributed by atoms with Gasteiger partial charge in [0.2, 0.25) is 0 Å². The number of benzene rings is 3. The van der Waals surface area contributed by atoms with Crippen molar-refractivity contribution in [2.45, 2.75) is 56.6 Å². The molecule has 4 rings (SSSR count). The van der Waals surface area contributed by atoms with Gasteiger partial charge in [0.15, 0.2) is 6.04 Å². The molecule has 3 atom stereocenters. The van der Waals surface area contributed by atoms with Crippen molar-refractivity contribution in [1.29, 1.82) is 0 Å².